The van der Waals surface area contributed by atoms with Gasteiger partial charge in [-0.05, 0) is 51.5 Å². The highest BCUT2D eigenvalue weighted by Gasteiger charge is 2.30. The molecule has 0 saturated heterocycles. The van der Waals surface area contributed by atoms with Crippen LogP contribution in [0.5, 0.6) is 0 Å². The summed E-state index contributed by atoms with van der Waals surface area (Å²) in [6, 6.07) is 0.144. The Morgan fingerprint density at radius 1 is 1.22 bits per heavy atom. The van der Waals surface area contributed by atoms with Crippen LogP contribution in [0.2, 0.25) is 0 Å². The first-order chi connectivity index (χ1) is 10.7. The van der Waals surface area contributed by atoms with Crippen LogP contribution in [0.3, 0.4) is 0 Å². The fraction of sp³-hybridized carbons (Fsp3) is 0.684. The standard InChI is InChI=1S/C19H30N2O2/c1-10-8-7-9-16(11(10)2)20-14(5)19(23)18-12(3)17(15(6)22)13(4)21-18/h10-11,14,16,20-21H,7-9H2,1-6H3/t10-,11-,14-,16-/m0/s1. The maximum absolute atomic E-state index is 12.8. The van der Waals surface area contributed by atoms with Gasteiger partial charge >= 0.3 is 0 Å². The predicted octanol–water partition coefficient (Wildman–Crippen LogP) is 3.82. The molecule has 0 amide bonds. The van der Waals surface area contributed by atoms with Gasteiger partial charge in [0.2, 0.25) is 0 Å². The SMILES string of the molecule is CC(=O)c1c(C)[nH]c(C(=O)[C@H](C)N[C@H]2CCC[C@H](C)[C@@H]2C)c1C. The van der Waals surface area contributed by atoms with Gasteiger partial charge in [-0.25, -0.2) is 0 Å². The number of Topliss-reactive ketones (excluding diaryl/α,β-unsaturated/α-hetero) is 2. The topological polar surface area (TPSA) is 62.0 Å². The van der Waals surface area contributed by atoms with Gasteiger partial charge in [-0.1, -0.05) is 26.7 Å². The third-order valence-corrected chi connectivity index (χ3v) is 5.60. The van der Waals surface area contributed by atoms with Crippen LogP contribution in [0.15, 0.2) is 0 Å². The van der Waals surface area contributed by atoms with Gasteiger partial charge in [-0.15, -0.1) is 0 Å². The minimum absolute atomic E-state index is 0.00522. The van der Waals surface area contributed by atoms with E-state index in [1.807, 2.05) is 20.8 Å². The van der Waals surface area contributed by atoms with Gasteiger partial charge in [0.15, 0.2) is 11.6 Å². The second-order valence-electron chi connectivity index (χ2n) is 7.31. The van der Waals surface area contributed by atoms with Crippen LogP contribution in [0.25, 0.3) is 0 Å². The third-order valence-electron chi connectivity index (χ3n) is 5.60. The van der Waals surface area contributed by atoms with Gasteiger partial charge in [0, 0.05) is 17.3 Å². The number of rotatable bonds is 5. The van der Waals surface area contributed by atoms with E-state index in [-0.39, 0.29) is 17.6 Å². The summed E-state index contributed by atoms with van der Waals surface area (Å²) < 4.78 is 0. The summed E-state index contributed by atoms with van der Waals surface area (Å²) in [6.07, 6.45) is 3.63. The summed E-state index contributed by atoms with van der Waals surface area (Å²) >= 11 is 0. The average molecular weight is 318 g/mol. The number of hydrogen-bond donors (Lipinski definition) is 2. The number of nitrogens with one attached hydrogen (secondary N) is 2. The van der Waals surface area contributed by atoms with Crippen LogP contribution in [-0.4, -0.2) is 28.6 Å². The van der Waals surface area contributed by atoms with E-state index >= 15 is 0 Å². The second kappa shape index (κ2) is 7.00. The molecule has 0 radical (unpaired) electrons. The molecule has 1 heterocycles. The van der Waals surface area contributed by atoms with Crippen molar-refractivity contribution < 1.29 is 9.59 Å². The number of hydrogen-bond acceptors (Lipinski definition) is 3. The average Bonchev–Trinajstić information content (AvgIpc) is 2.78. The van der Waals surface area contributed by atoms with Crippen LogP contribution >= 0.6 is 0 Å². The van der Waals surface area contributed by atoms with Crippen molar-refractivity contribution in [1.29, 1.82) is 0 Å². The molecule has 1 aliphatic carbocycles. The molecule has 1 saturated carbocycles. The summed E-state index contributed by atoms with van der Waals surface area (Å²) in [5.74, 6) is 1.33. The Labute approximate surface area is 139 Å². The summed E-state index contributed by atoms with van der Waals surface area (Å²) in [5, 5.41) is 3.53. The highest BCUT2D eigenvalue weighted by Crippen LogP contribution is 2.30. The molecular formula is C19H30N2O2. The van der Waals surface area contributed by atoms with Crippen molar-refractivity contribution in [1.82, 2.24) is 10.3 Å². The Kier molecular flexibility index (Phi) is 5.45. The Balaban J connectivity index is 2.14. The molecule has 1 aromatic rings. The fourth-order valence-corrected chi connectivity index (χ4v) is 3.96. The van der Waals surface area contributed by atoms with Crippen LogP contribution in [-0.2, 0) is 0 Å². The van der Waals surface area contributed by atoms with E-state index in [4.69, 9.17) is 0 Å². The number of H-pyrrole nitrogens is 1. The van der Waals surface area contributed by atoms with E-state index in [2.05, 4.69) is 24.1 Å². The quantitative estimate of drug-likeness (QED) is 0.811. The molecule has 1 aromatic heterocycles. The molecule has 2 N–H and O–H groups in total. The van der Waals surface area contributed by atoms with Gasteiger partial charge < -0.3 is 10.3 Å². The molecule has 0 spiro atoms. The first kappa shape index (κ1) is 17.9. The number of aromatic amines is 1. The van der Waals surface area contributed by atoms with Crippen LogP contribution in [0.1, 0.15) is 79.1 Å². The number of ketones is 2. The maximum atomic E-state index is 12.8. The first-order valence-corrected chi connectivity index (χ1v) is 8.74. The lowest BCUT2D eigenvalue weighted by Gasteiger charge is -2.36. The first-order valence-electron chi connectivity index (χ1n) is 8.74. The van der Waals surface area contributed by atoms with E-state index in [9.17, 15) is 9.59 Å². The van der Waals surface area contributed by atoms with Crippen LogP contribution < -0.4 is 5.32 Å². The molecule has 1 fully saturated rings. The van der Waals surface area contributed by atoms with E-state index in [0.717, 1.165) is 17.7 Å². The van der Waals surface area contributed by atoms with Crippen molar-refractivity contribution in [2.45, 2.75) is 72.9 Å². The largest absolute Gasteiger partial charge is 0.355 e. The molecule has 4 nitrogen and oxygen atoms in total. The van der Waals surface area contributed by atoms with Crippen LogP contribution in [0.4, 0.5) is 0 Å². The monoisotopic (exact) mass is 318 g/mol. The lowest BCUT2D eigenvalue weighted by atomic mass is 9.77. The normalized spacial score (nSPS) is 26.1. The predicted molar refractivity (Wildman–Crippen MR) is 93.2 cm³/mol. The minimum atomic E-state index is -0.246. The molecule has 2 rings (SSSR count). The Hall–Kier alpha value is -1.42. The summed E-state index contributed by atoms with van der Waals surface area (Å²) in [4.78, 5) is 27.7. The van der Waals surface area contributed by atoms with Crippen molar-refractivity contribution in [3.63, 3.8) is 0 Å². The van der Waals surface area contributed by atoms with Gasteiger partial charge in [0.1, 0.15) is 0 Å². The molecular weight excluding hydrogens is 288 g/mol. The zero-order chi connectivity index (χ0) is 17.3. The lowest BCUT2D eigenvalue weighted by molar-refractivity contribution is 0.0917. The molecule has 0 aliphatic heterocycles. The zero-order valence-electron chi connectivity index (χ0n) is 15.2. The Morgan fingerprint density at radius 2 is 1.87 bits per heavy atom. The maximum Gasteiger partial charge on any atom is 0.195 e. The summed E-state index contributed by atoms with van der Waals surface area (Å²) in [7, 11) is 0. The summed E-state index contributed by atoms with van der Waals surface area (Å²) in [5.41, 5.74) is 2.79. The number of aromatic nitrogens is 1. The Bertz CT molecular complexity index is 603. The molecule has 23 heavy (non-hydrogen) atoms. The highest BCUT2D eigenvalue weighted by atomic mass is 16.1. The number of carbonyl (C=O) groups is 2. The van der Waals surface area contributed by atoms with Gasteiger partial charge in [-0.2, -0.15) is 0 Å². The van der Waals surface area contributed by atoms with Gasteiger partial charge in [0.25, 0.3) is 0 Å². The van der Waals surface area contributed by atoms with Crippen molar-refractivity contribution in [2.24, 2.45) is 11.8 Å². The van der Waals surface area contributed by atoms with Crippen molar-refractivity contribution in [2.75, 3.05) is 0 Å². The molecule has 1 aliphatic rings. The lowest BCUT2D eigenvalue weighted by Crippen LogP contribution is -2.47. The molecule has 4 atom stereocenters. The molecule has 4 heteroatoms. The molecule has 128 valence electrons. The van der Waals surface area contributed by atoms with Crippen molar-refractivity contribution >= 4 is 11.6 Å². The fourth-order valence-electron chi connectivity index (χ4n) is 3.96. The number of carbonyl (C=O) groups excluding carboxylic acids is 2. The van der Waals surface area contributed by atoms with Gasteiger partial charge in [-0.3, -0.25) is 9.59 Å². The second-order valence-corrected chi connectivity index (χ2v) is 7.31. The van der Waals surface area contributed by atoms with Gasteiger partial charge in [0.05, 0.1) is 11.7 Å². The van der Waals surface area contributed by atoms with Crippen molar-refractivity contribution in [3.8, 4) is 0 Å². The Morgan fingerprint density at radius 3 is 2.43 bits per heavy atom. The zero-order valence-corrected chi connectivity index (χ0v) is 15.2. The molecule has 0 bridgehead atoms. The minimum Gasteiger partial charge on any atom is -0.355 e. The summed E-state index contributed by atoms with van der Waals surface area (Å²) in [6.45, 7) is 11.7. The third kappa shape index (κ3) is 3.57. The molecule has 0 aromatic carbocycles. The van der Waals surface area contributed by atoms with Crippen LogP contribution in [0, 0.1) is 25.7 Å². The smallest absolute Gasteiger partial charge is 0.195 e. The number of aryl methyl sites for hydroxylation is 1. The van der Waals surface area contributed by atoms with E-state index in [0.29, 0.717) is 29.1 Å². The van der Waals surface area contributed by atoms with E-state index in [1.54, 1.807) is 6.92 Å². The van der Waals surface area contributed by atoms with Crippen molar-refractivity contribution in [3.05, 3.63) is 22.5 Å². The van der Waals surface area contributed by atoms with E-state index < -0.39 is 0 Å². The highest BCUT2D eigenvalue weighted by molar-refractivity contribution is 6.05. The molecule has 0 unspecified atom stereocenters. The van der Waals surface area contributed by atoms with E-state index in [1.165, 1.54) is 12.8 Å².